The van der Waals surface area contributed by atoms with E-state index in [1.165, 1.54) is 6.07 Å². The van der Waals surface area contributed by atoms with Gasteiger partial charge in [0.1, 0.15) is 5.38 Å². The Kier molecular flexibility index (Phi) is 5.64. The van der Waals surface area contributed by atoms with Crippen LogP contribution in [0.5, 0.6) is 0 Å². The zero-order valence-electron chi connectivity index (χ0n) is 14.0. The van der Waals surface area contributed by atoms with Gasteiger partial charge in [0.2, 0.25) is 11.9 Å². The van der Waals surface area contributed by atoms with E-state index in [0.717, 1.165) is 18.7 Å². The lowest BCUT2D eigenvalue weighted by atomic mass is 10.2. The highest BCUT2D eigenvalue weighted by molar-refractivity contribution is 6.30. The molecule has 1 saturated heterocycles. The first-order valence-electron chi connectivity index (χ1n) is 7.68. The number of H-pyrrole nitrogens is 1. The van der Waals surface area contributed by atoms with Gasteiger partial charge in [0.25, 0.3) is 5.56 Å². The molecular formula is C15H24ClN5O2. The summed E-state index contributed by atoms with van der Waals surface area (Å²) in [5.41, 5.74) is 0.557. The van der Waals surface area contributed by atoms with E-state index in [-0.39, 0.29) is 17.5 Å². The third kappa shape index (κ3) is 4.45. The predicted octanol–water partition coefficient (Wildman–Crippen LogP) is 0.496. The second-order valence-corrected chi connectivity index (χ2v) is 6.87. The molecule has 2 heterocycles. The first kappa shape index (κ1) is 17.7. The minimum Gasteiger partial charge on any atom is -0.348 e. The van der Waals surface area contributed by atoms with Gasteiger partial charge in [-0.3, -0.25) is 19.5 Å². The molecule has 1 aromatic rings. The van der Waals surface area contributed by atoms with E-state index < -0.39 is 5.38 Å². The van der Waals surface area contributed by atoms with E-state index in [1.54, 1.807) is 16.7 Å². The SMILES string of the molecule is CC(Cl)C(=O)N1CCC(N(C)Cc2cc(=O)[nH]c(N(C)C)n2)C1. The summed E-state index contributed by atoms with van der Waals surface area (Å²) in [7, 11) is 5.65. The van der Waals surface area contributed by atoms with Crippen molar-refractivity contribution in [3.63, 3.8) is 0 Å². The Morgan fingerprint density at radius 1 is 1.52 bits per heavy atom. The Balaban J connectivity index is 2.02. The molecule has 1 aliphatic heterocycles. The van der Waals surface area contributed by atoms with Crippen molar-refractivity contribution >= 4 is 23.5 Å². The topological polar surface area (TPSA) is 72.5 Å². The lowest BCUT2D eigenvalue weighted by Gasteiger charge is -2.25. The van der Waals surface area contributed by atoms with Crippen molar-refractivity contribution in [2.45, 2.75) is 31.3 Å². The van der Waals surface area contributed by atoms with Crippen molar-refractivity contribution in [2.75, 3.05) is 39.1 Å². The highest BCUT2D eigenvalue weighted by Crippen LogP contribution is 2.18. The summed E-state index contributed by atoms with van der Waals surface area (Å²) in [5.74, 6) is 0.520. The third-order valence-corrected chi connectivity index (χ3v) is 4.24. The minimum atomic E-state index is -0.490. The second-order valence-electron chi connectivity index (χ2n) is 6.21. The summed E-state index contributed by atoms with van der Waals surface area (Å²) in [6.45, 7) is 3.64. The first-order chi connectivity index (χ1) is 10.8. The number of amides is 1. The molecule has 1 aromatic heterocycles. The van der Waals surface area contributed by atoms with Crippen molar-refractivity contribution in [3.05, 3.63) is 22.1 Å². The lowest BCUT2D eigenvalue weighted by Crippen LogP contribution is -2.38. The molecule has 8 heteroatoms. The number of anilines is 1. The van der Waals surface area contributed by atoms with E-state index in [4.69, 9.17) is 11.6 Å². The zero-order chi connectivity index (χ0) is 17.1. The van der Waals surface area contributed by atoms with Gasteiger partial charge >= 0.3 is 0 Å². The number of aromatic nitrogens is 2. The van der Waals surface area contributed by atoms with Gasteiger partial charge < -0.3 is 9.80 Å². The normalized spacial score (nSPS) is 19.2. The van der Waals surface area contributed by atoms with Crippen LogP contribution in [0.25, 0.3) is 0 Å². The Morgan fingerprint density at radius 2 is 2.22 bits per heavy atom. The smallest absolute Gasteiger partial charge is 0.252 e. The van der Waals surface area contributed by atoms with Crippen LogP contribution in [0.2, 0.25) is 0 Å². The molecule has 7 nitrogen and oxygen atoms in total. The van der Waals surface area contributed by atoms with E-state index in [2.05, 4.69) is 14.9 Å². The van der Waals surface area contributed by atoms with Crippen molar-refractivity contribution in [2.24, 2.45) is 0 Å². The van der Waals surface area contributed by atoms with Crippen LogP contribution in [-0.4, -0.2) is 71.3 Å². The fraction of sp³-hybridized carbons (Fsp3) is 0.667. The van der Waals surface area contributed by atoms with Gasteiger partial charge in [0.05, 0.1) is 5.69 Å². The molecule has 0 aliphatic carbocycles. The number of hydrogen-bond donors (Lipinski definition) is 1. The number of hydrogen-bond acceptors (Lipinski definition) is 5. The number of carbonyl (C=O) groups excluding carboxylic acids is 1. The van der Waals surface area contributed by atoms with Crippen molar-refractivity contribution in [1.82, 2.24) is 19.8 Å². The standard InChI is InChI=1S/C15H24ClN5O2/c1-10(16)14(23)21-6-5-12(9-21)20(4)8-11-7-13(22)18-15(17-11)19(2)3/h7,10,12H,5-6,8-9H2,1-4H3,(H,17,18,22). The van der Waals surface area contributed by atoms with Gasteiger partial charge in [0, 0.05) is 45.8 Å². The minimum absolute atomic E-state index is 0.0215. The van der Waals surface area contributed by atoms with Gasteiger partial charge in [-0.1, -0.05) is 0 Å². The van der Waals surface area contributed by atoms with Crippen LogP contribution in [0.1, 0.15) is 19.0 Å². The Bertz CT molecular complexity index is 616. The van der Waals surface area contributed by atoms with Gasteiger partial charge in [-0.15, -0.1) is 11.6 Å². The summed E-state index contributed by atoms with van der Waals surface area (Å²) >= 11 is 5.87. The summed E-state index contributed by atoms with van der Waals surface area (Å²) in [5, 5.41) is -0.490. The van der Waals surface area contributed by atoms with Crippen LogP contribution in [0, 0.1) is 0 Å². The molecule has 2 unspecified atom stereocenters. The number of rotatable bonds is 5. The second kappa shape index (κ2) is 7.31. The molecule has 2 rings (SSSR count). The number of nitrogens with zero attached hydrogens (tertiary/aromatic N) is 4. The Labute approximate surface area is 141 Å². The van der Waals surface area contributed by atoms with Crippen LogP contribution >= 0.6 is 11.6 Å². The fourth-order valence-corrected chi connectivity index (χ4v) is 2.86. The highest BCUT2D eigenvalue weighted by Gasteiger charge is 2.30. The van der Waals surface area contributed by atoms with Crippen LogP contribution in [0.3, 0.4) is 0 Å². The molecule has 1 amide bonds. The molecular weight excluding hydrogens is 318 g/mol. The van der Waals surface area contributed by atoms with E-state index in [1.807, 2.05) is 21.1 Å². The predicted molar refractivity (Wildman–Crippen MR) is 91.0 cm³/mol. The van der Waals surface area contributed by atoms with E-state index in [0.29, 0.717) is 19.0 Å². The number of likely N-dealkylation sites (tertiary alicyclic amines) is 1. The zero-order valence-corrected chi connectivity index (χ0v) is 14.8. The maximum Gasteiger partial charge on any atom is 0.252 e. The monoisotopic (exact) mass is 341 g/mol. The average molecular weight is 342 g/mol. The van der Waals surface area contributed by atoms with E-state index in [9.17, 15) is 9.59 Å². The highest BCUT2D eigenvalue weighted by atomic mass is 35.5. The van der Waals surface area contributed by atoms with Crippen LogP contribution < -0.4 is 10.5 Å². The maximum atomic E-state index is 11.9. The molecule has 0 radical (unpaired) electrons. The Hall–Kier alpha value is -1.60. The van der Waals surface area contributed by atoms with Crippen molar-refractivity contribution < 1.29 is 4.79 Å². The Morgan fingerprint density at radius 3 is 2.83 bits per heavy atom. The fourth-order valence-electron chi connectivity index (χ4n) is 2.72. The van der Waals surface area contributed by atoms with Crippen molar-refractivity contribution in [3.8, 4) is 0 Å². The number of likely N-dealkylation sites (N-methyl/N-ethyl adjacent to an activating group) is 1. The van der Waals surface area contributed by atoms with E-state index >= 15 is 0 Å². The molecule has 1 aliphatic rings. The van der Waals surface area contributed by atoms with Gasteiger partial charge in [-0.2, -0.15) is 0 Å². The number of carbonyl (C=O) groups is 1. The van der Waals surface area contributed by atoms with Crippen LogP contribution in [0.15, 0.2) is 10.9 Å². The average Bonchev–Trinajstić information content (AvgIpc) is 2.95. The molecule has 0 aromatic carbocycles. The molecule has 128 valence electrons. The molecule has 1 fully saturated rings. The summed E-state index contributed by atoms with van der Waals surface area (Å²) in [6.07, 6.45) is 0.898. The lowest BCUT2D eigenvalue weighted by molar-refractivity contribution is -0.129. The van der Waals surface area contributed by atoms with Gasteiger partial charge in [-0.25, -0.2) is 4.98 Å². The summed E-state index contributed by atoms with van der Waals surface area (Å²) in [6, 6.07) is 1.76. The maximum absolute atomic E-state index is 11.9. The molecule has 0 spiro atoms. The molecule has 23 heavy (non-hydrogen) atoms. The quantitative estimate of drug-likeness (QED) is 0.789. The molecule has 2 atom stereocenters. The summed E-state index contributed by atoms with van der Waals surface area (Å²) < 4.78 is 0. The molecule has 0 saturated carbocycles. The van der Waals surface area contributed by atoms with Gasteiger partial charge in [0.15, 0.2) is 0 Å². The summed E-state index contributed by atoms with van der Waals surface area (Å²) in [4.78, 5) is 36.5. The van der Waals surface area contributed by atoms with Crippen molar-refractivity contribution in [1.29, 1.82) is 0 Å². The molecule has 0 bridgehead atoms. The largest absolute Gasteiger partial charge is 0.348 e. The van der Waals surface area contributed by atoms with Crippen LogP contribution in [0.4, 0.5) is 5.95 Å². The molecule has 1 N–H and O–H groups in total. The number of halogens is 1. The third-order valence-electron chi connectivity index (χ3n) is 4.06. The number of nitrogens with one attached hydrogen (secondary N) is 1. The van der Waals surface area contributed by atoms with Crippen LogP contribution in [-0.2, 0) is 11.3 Å². The van der Waals surface area contributed by atoms with Gasteiger partial charge in [-0.05, 0) is 20.4 Å². The first-order valence-corrected chi connectivity index (χ1v) is 8.12. The number of aromatic amines is 1. The number of alkyl halides is 1.